The van der Waals surface area contributed by atoms with Crippen molar-refractivity contribution in [1.29, 1.82) is 0 Å². The number of nitrogens with one attached hydrogen (secondary N) is 2. The number of rotatable bonds is 8. The molecule has 0 radical (unpaired) electrons. The number of benzene rings is 1. The molecule has 2 fully saturated rings. The number of nitrogens with zero attached hydrogens (tertiary/aromatic N) is 1. The van der Waals surface area contributed by atoms with Gasteiger partial charge in [0, 0.05) is 38.3 Å². The second kappa shape index (κ2) is 9.85. The van der Waals surface area contributed by atoms with Crippen LogP contribution in [-0.2, 0) is 9.53 Å². The number of methoxy groups -OCH3 is 1. The van der Waals surface area contributed by atoms with Crippen LogP contribution in [0.3, 0.4) is 0 Å². The van der Waals surface area contributed by atoms with Crippen LogP contribution in [0, 0.1) is 5.92 Å². The molecular formula is C21H31N3O3. The van der Waals surface area contributed by atoms with E-state index in [1.807, 2.05) is 35.2 Å². The first kappa shape index (κ1) is 19.8. The molecule has 1 heterocycles. The minimum Gasteiger partial charge on any atom is -0.383 e. The lowest BCUT2D eigenvalue weighted by molar-refractivity contribution is -0.125. The lowest BCUT2D eigenvalue weighted by Gasteiger charge is -2.33. The largest absolute Gasteiger partial charge is 0.383 e. The van der Waals surface area contributed by atoms with Gasteiger partial charge in [0.15, 0.2) is 0 Å². The number of carbonyl (C=O) groups excluding carboxylic acids is 2. The molecule has 1 aliphatic heterocycles. The first-order chi connectivity index (χ1) is 13.2. The van der Waals surface area contributed by atoms with E-state index in [4.69, 9.17) is 4.74 Å². The van der Waals surface area contributed by atoms with Crippen molar-refractivity contribution in [1.82, 2.24) is 15.5 Å². The molecular weight excluding hydrogens is 342 g/mol. The Kier molecular flexibility index (Phi) is 7.24. The first-order valence-corrected chi connectivity index (χ1v) is 10.1. The Morgan fingerprint density at radius 2 is 1.89 bits per heavy atom. The highest BCUT2D eigenvalue weighted by Crippen LogP contribution is 2.40. The van der Waals surface area contributed by atoms with Gasteiger partial charge in [-0.05, 0) is 37.3 Å². The van der Waals surface area contributed by atoms with Crippen LogP contribution >= 0.6 is 0 Å². The van der Waals surface area contributed by atoms with Gasteiger partial charge in [0.2, 0.25) is 5.91 Å². The Morgan fingerprint density at radius 1 is 1.11 bits per heavy atom. The summed E-state index contributed by atoms with van der Waals surface area (Å²) in [5, 5.41) is 6.23. The summed E-state index contributed by atoms with van der Waals surface area (Å²) in [5.74, 6) is 0.410. The van der Waals surface area contributed by atoms with Crippen molar-refractivity contribution in [3.8, 4) is 0 Å². The Balaban J connectivity index is 1.64. The van der Waals surface area contributed by atoms with E-state index in [1.54, 1.807) is 7.11 Å². The fraction of sp³-hybridized carbons (Fsp3) is 0.619. The van der Waals surface area contributed by atoms with Crippen LogP contribution in [0.4, 0.5) is 0 Å². The first-order valence-electron chi connectivity index (χ1n) is 10.1. The number of carbonyl (C=O) groups is 2. The van der Waals surface area contributed by atoms with Crippen molar-refractivity contribution in [3.63, 3.8) is 0 Å². The molecule has 148 valence electrons. The van der Waals surface area contributed by atoms with Gasteiger partial charge < -0.3 is 20.3 Å². The van der Waals surface area contributed by atoms with Crippen LogP contribution < -0.4 is 10.6 Å². The van der Waals surface area contributed by atoms with Crippen molar-refractivity contribution in [3.05, 3.63) is 35.9 Å². The molecule has 27 heavy (non-hydrogen) atoms. The third-order valence-electron chi connectivity index (χ3n) is 5.73. The molecule has 1 saturated heterocycles. The summed E-state index contributed by atoms with van der Waals surface area (Å²) in [6.07, 6.45) is 5.24. The zero-order chi connectivity index (χ0) is 19.1. The molecule has 0 aromatic heterocycles. The number of hydrogen-bond acceptors (Lipinski definition) is 4. The number of likely N-dealkylation sites (tertiary alicyclic amines) is 1. The predicted molar refractivity (Wildman–Crippen MR) is 105 cm³/mol. The van der Waals surface area contributed by atoms with Gasteiger partial charge in [-0.1, -0.05) is 31.0 Å². The Bertz CT molecular complexity index is 622. The highest BCUT2D eigenvalue weighted by molar-refractivity contribution is 5.98. The standard InChI is InChI=1S/C21H31N3O3/c1-27-14-13-22-11-12-23-20(25)19-15-17-9-5-6-10-18(17)24(19)21(26)16-7-3-2-4-8-16/h2-4,7-8,17-19,22H,5-6,9-15H2,1H3,(H,23,25). The van der Waals surface area contributed by atoms with E-state index in [0.29, 0.717) is 31.2 Å². The second-order valence-corrected chi connectivity index (χ2v) is 7.48. The van der Waals surface area contributed by atoms with Gasteiger partial charge >= 0.3 is 0 Å². The summed E-state index contributed by atoms with van der Waals surface area (Å²) < 4.78 is 4.99. The smallest absolute Gasteiger partial charge is 0.254 e. The minimum absolute atomic E-state index is 0.0108. The van der Waals surface area contributed by atoms with Crippen LogP contribution in [0.2, 0.25) is 0 Å². The molecule has 3 rings (SSSR count). The monoisotopic (exact) mass is 373 g/mol. The highest BCUT2D eigenvalue weighted by Gasteiger charge is 2.47. The molecule has 6 heteroatoms. The second-order valence-electron chi connectivity index (χ2n) is 7.48. The summed E-state index contributed by atoms with van der Waals surface area (Å²) >= 11 is 0. The van der Waals surface area contributed by atoms with E-state index < -0.39 is 0 Å². The molecule has 1 saturated carbocycles. The van der Waals surface area contributed by atoms with E-state index in [-0.39, 0.29) is 23.9 Å². The Hall–Kier alpha value is -1.92. The van der Waals surface area contributed by atoms with Crippen molar-refractivity contribution >= 4 is 11.8 Å². The van der Waals surface area contributed by atoms with Crippen molar-refractivity contribution < 1.29 is 14.3 Å². The molecule has 6 nitrogen and oxygen atoms in total. The minimum atomic E-state index is -0.357. The van der Waals surface area contributed by atoms with Crippen LogP contribution in [0.5, 0.6) is 0 Å². The molecule has 1 aliphatic carbocycles. The van der Waals surface area contributed by atoms with Gasteiger partial charge in [-0.15, -0.1) is 0 Å². The molecule has 2 aliphatic rings. The third-order valence-corrected chi connectivity index (χ3v) is 5.73. The molecule has 1 aromatic carbocycles. The average Bonchev–Trinajstić information content (AvgIpc) is 3.10. The molecule has 3 atom stereocenters. The van der Waals surface area contributed by atoms with Gasteiger partial charge in [-0.3, -0.25) is 9.59 Å². The zero-order valence-corrected chi connectivity index (χ0v) is 16.2. The number of hydrogen-bond donors (Lipinski definition) is 2. The van der Waals surface area contributed by atoms with Crippen LogP contribution in [0.1, 0.15) is 42.5 Å². The summed E-state index contributed by atoms with van der Waals surface area (Å²) in [6, 6.07) is 9.18. The van der Waals surface area contributed by atoms with Gasteiger partial charge in [0.25, 0.3) is 5.91 Å². The normalized spacial score (nSPS) is 24.5. The summed E-state index contributed by atoms with van der Waals surface area (Å²) in [4.78, 5) is 27.9. The van der Waals surface area contributed by atoms with Crippen molar-refractivity contribution in [2.45, 2.75) is 44.2 Å². The molecule has 2 N–H and O–H groups in total. The maximum Gasteiger partial charge on any atom is 0.254 e. The predicted octanol–water partition coefficient (Wildman–Crippen LogP) is 1.81. The molecule has 3 unspecified atom stereocenters. The van der Waals surface area contributed by atoms with E-state index in [2.05, 4.69) is 10.6 Å². The van der Waals surface area contributed by atoms with Crippen LogP contribution in [0.15, 0.2) is 30.3 Å². The lowest BCUT2D eigenvalue weighted by Crippen LogP contribution is -2.50. The molecule has 0 spiro atoms. The van der Waals surface area contributed by atoms with Crippen molar-refractivity contribution in [2.75, 3.05) is 33.4 Å². The van der Waals surface area contributed by atoms with Crippen LogP contribution in [0.25, 0.3) is 0 Å². The van der Waals surface area contributed by atoms with E-state index >= 15 is 0 Å². The maximum atomic E-state index is 13.2. The van der Waals surface area contributed by atoms with Crippen molar-refractivity contribution in [2.24, 2.45) is 5.92 Å². The fourth-order valence-corrected chi connectivity index (χ4v) is 4.41. The third kappa shape index (κ3) is 4.87. The number of ether oxygens (including phenoxy) is 1. The zero-order valence-electron chi connectivity index (χ0n) is 16.2. The van der Waals surface area contributed by atoms with E-state index in [9.17, 15) is 9.59 Å². The lowest BCUT2D eigenvalue weighted by atomic mass is 9.84. The SMILES string of the molecule is COCCNCCNC(=O)C1CC2CCCCC2N1C(=O)c1ccccc1. The molecule has 0 bridgehead atoms. The number of fused-ring (bicyclic) bond motifs is 1. The summed E-state index contributed by atoms with van der Waals surface area (Å²) in [6.45, 7) is 2.67. The molecule has 2 amide bonds. The Labute approximate surface area is 161 Å². The topological polar surface area (TPSA) is 70.7 Å². The molecule has 1 aromatic rings. The highest BCUT2D eigenvalue weighted by atomic mass is 16.5. The van der Waals surface area contributed by atoms with Gasteiger partial charge in [-0.25, -0.2) is 0 Å². The van der Waals surface area contributed by atoms with Gasteiger partial charge in [0.1, 0.15) is 6.04 Å². The van der Waals surface area contributed by atoms with Gasteiger partial charge in [-0.2, -0.15) is 0 Å². The maximum absolute atomic E-state index is 13.2. The van der Waals surface area contributed by atoms with Gasteiger partial charge in [0.05, 0.1) is 6.61 Å². The van der Waals surface area contributed by atoms with E-state index in [0.717, 1.165) is 32.2 Å². The quantitative estimate of drug-likeness (QED) is 0.682. The van der Waals surface area contributed by atoms with Crippen LogP contribution in [-0.4, -0.2) is 62.1 Å². The fourth-order valence-electron chi connectivity index (χ4n) is 4.41. The number of amides is 2. The average molecular weight is 373 g/mol. The van der Waals surface area contributed by atoms with E-state index in [1.165, 1.54) is 6.42 Å². The summed E-state index contributed by atoms with van der Waals surface area (Å²) in [7, 11) is 1.67. The summed E-state index contributed by atoms with van der Waals surface area (Å²) in [5.41, 5.74) is 0.669. The Morgan fingerprint density at radius 3 is 2.67 bits per heavy atom.